The lowest BCUT2D eigenvalue weighted by atomic mass is 10.2. The molecule has 0 bridgehead atoms. The summed E-state index contributed by atoms with van der Waals surface area (Å²) < 4.78 is 28.3. The molecule has 4 heteroatoms. The van der Waals surface area contributed by atoms with Crippen molar-refractivity contribution >= 4 is 17.0 Å². The van der Waals surface area contributed by atoms with Gasteiger partial charge in [-0.05, 0) is 48.2 Å². The number of rotatable bonds is 6. The molecular weight excluding hydrogens is 318 g/mol. The molecule has 0 radical (unpaired) electrons. The Hall–Kier alpha value is -2.88. The van der Waals surface area contributed by atoms with Crippen molar-refractivity contribution in [1.82, 2.24) is 9.88 Å². The molecule has 0 aliphatic rings. The maximum atomic E-state index is 13.2. The smallest absolute Gasteiger partial charge is 0.159 e. The van der Waals surface area contributed by atoms with Gasteiger partial charge in [-0.2, -0.15) is 0 Å². The molecule has 0 spiro atoms. The maximum Gasteiger partial charge on any atom is 0.159 e. The number of aromatic nitrogens is 1. The zero-order valence-corrected chi connectivity index (χ0v) is 14.1. The number of aryl methyl sites for hydroxylation is 1. The van der Waals surface area contributed by atoms with Crippen LogP contribution in [-0.2, 0) is 6.54 Å². The van der Waals surface area contributed by atoms with Gasteiger partial charge < -0.3 is 9.88 Å². The molecule has 1 N–H and O–H groups in total. The summed E-state index contributed by atoms with van der Waals surface area (Å²) in [6, 6.07) is 14.3. The molecule has 1 heterocycles. The summed E-state index contributed by atoms with van der Waals surface area (Å²) in [7, 11) is 0. The molecule has 3 rings (SSSR count). The Bertz CT molecular complexity index is 938. The topological polar surface area (TPSA) is 17.0 Å². The van der Waals surface area contributed by atoms with Crippen LogP contribution >= 0.6 is 0 Å². The lowest BCUT2D eigenvalue weighted by Gasteiger charge is -2.10. The predicted molar refractivity (Wildman–Crippen MR) is 99.2 cm³/mol. The number of fused-ring (bicyclic) bond motifs is 1. The van der Waals surface area contributed by atoms with Crippen LogP contribution in [0, 0.1) is 18.6 Å². The summed E-state index contributed by atoms with van der Waals surface area (Å²) in [4.78, 5) is 0. The Kier molecular flexibility index (Phi) is 4.98. The third-order valence-electron chi connectivity index (χ3n) is 4.13. The molecule has 0 atom stereocenters. The first-order chi connectivity index (χ1) is 12.0. The van der Waals surface area contributed by atoms with Crippen LogP contribution in [0.1, 0.15) is 11.3 Å². The van der Waals surface area contributed by atoms with E-state index in [2.05, 4.69) is 41.6 Å². The third-order valence-corrected chi connectivity index (χ3v) is 4.13. The minimum atomic E-state index is -0.851. The Morgan fingerprint density at radius 2 is 1.92 bits per heavy atom. The number of allylic oxidation sites excluding steroid dienone is 1. The number of hydrogen-bond acceptors (Lipinski definition) is 1. The minimum Gasteiger partial charge on any atom is -0.384 e. The monoisotopic (exact) mass is 338 g/mol. The molecule has 0 fully saturated rings. The predicted octanol–water partition coefficient (Wildman–Crippen LogP) is 5.04. The van der Waals surface area contributed by atoms with E-state index in [9.17, 15) is 8.78 Å². The summed E-state index contributed by atoms with van der Waals surface area (Å²) in [5, 5.41) is 4.47. The zero-order chi connectivity index (χ0) is 17.8. The molecular formula is C21H20F2N2. The van der Waals surface area contributed by atoms with Crippen molar-refractivity contribution in [3.8, 4) is 0 Å². The Labute approximate surface area is 146 Å². The van der Waals surface area contributed by atoms with E-state index < -0.39 is 11.6 Å². The second-order valence-corrected chi connectivity index (χ2v) is 5.96. The molecule has 0 saturated carbocycles. The van der Waals surface area contributed by atoms with E-state index in [4.69, 9.17) is 0 Å². The fourth-order valence-corrected chi connectivity index (χ4v) is 2.85. The van der Waals surface area contributed by atoms with Crippen LogP contribution in [0.5, 0.6) is 0 Å². The van der Waals surface area contributed by atoms with Crippen molar-refractivity contribution in [2.45, 2.75) is 13.5 Å². The van der Waals surface area contributed by atoms with E-state index in [1.54, 1.807) is 12.2 Å². The van der Waals surface area contributed by atoms with Gasteiger partial charge >= 0.3 is 0 Å². The Balaban J connectivity index is 1.58. The van der Waals surface area contributed by atoms with Gasteiger partial charge in [-0.15, -0.1) is 0 Å². The number of benzene rings is 2. The van der Waals surface area contributed by atoms with Crippen molar-refractivity contribution in [3.05, 3.63) is 89.8 Å². The van der Waals surface area contributed by atoms with Crippen LogP contribution in [-0.4, -0.2) is 11.1 Å². The lowest BCUT2D eigenvalue weighted by molar-refractivity contribution is 0.508. The number of para-hydroxylation sites is 1. The molecule has 0 amide bonds. The molecule has 3 aromatic rings. The van der Waals surface area contributed by atoms with Crippen molar-refractivity contribution in [3.63, 3.8) is 0 Å². The fraction of sp³-hybridized carbons (Fsp3) is 0.143. The average Bonchev–Trinajstić information content (AvgIpc) is 2.92. The summed E-state index contributed by atoms with van der Waals surface area (Å²) in [6.07, 6.45) is 3.46. The van der Waals surface area contributed by atoms with E-state index >= 15 is 0 Å². The average molecular weight is 338 g/mol. The van der Waals surface area contributed by atoms with Gasteiger partial charge in [0, 0.05) is 30.0 Å². The molecule has 0 aliphatic carbocycles. The highest BCUT2D eigenvalue weighted by atomic mass is 19.2. The normalized spacial score (nSPS) is 11.3. The molecule has 2 nitrogen and oxygen atoms in total. The molecule has 0 aliphatic heterocycles. The molecule has 1 aromatic heterocycles. The number of nitrogens with one attached hydrogen (secondary N) is 1. The van der Waals surface area contributed by atoms with Crippen molar-refractivity contribution < 1.29 is 8.78 Å². The van der Waals surface area contributed by atoms with Crippen molar-refractivity contribution in [1.29, 1.82) is 0 Å². The molecule has 0 saturated heterocycles. The molecule has 128 valence electrons. The van der Waals surface area contributed by atoms with Crippen LogP contribution in [0.3, 0.4) is 0 Å². The number of hydrogen-bond donors (Lipinski definition) is 1. The highest BCUT2D eigenvalue weighted by Crippen LogP contribution is 2.18. The van der Waals surface area contributed by atoms with E-state index in [1.165, 1.54) is 22.7 Å². The van der Waals surface area contributed by atoms with Gasteiger partial charge in [-0.3, -0.25) is 0 Å². The van der Waals surface area contributed by atoms with Gasteiger partial charge in [0.25, 0.3) is 0 Å². The van der Waals surface area contributed by atoms with Crippen LogP contribution < -0.4 is 5.32 Å². The van der Waals surface area contributed by atoms with Crippen molar-refractivity contribution in [2.24, 2.45) is 0 Å². The molecule has 25 heavy (non-hydrogen) atoms. The van der Waals surface area contributed by atoms with Crippen LogP contribution in [0.25, 0.3) is 17.0 Å². The van der Waals surface area contributed by atoms with E-state index in [-0.39, 0.29) is 0 Å². The first kappa shape index (κ1) is 17.0. The van der Waals surface area contributed by atoms with Crippen LogP contribution in [0.2, 0.25) is 0 Å². The Morgan fingerprint density at radius 3 is 2.72 bits per heavy atom. The quantitative estimate of drug-likeness (QED) is 0.623. The standard InChI is InChI=1S/C21H20F2N2/c1-15(7-8-17-9-10-19(22)20(23)14-17)24-11-12-25-16(2)13-18-5-3-4-6-21(18)25/h3-10,13-14,24H,1,11-12H2,2H3/b8-7+. The largest absolute Gasteiger partial charge is 0.384 e. The third kappa shape index (κ3) is 3.97. The number of nitrogens with zero attached hydrogens (tertiary/aromatic N) is 1. The first-order valence-corrected chi connectivity index (χ1v) is 8.15. The van der Waals surface area contributed by atoms with E-state index in [0.717, 1.165) is 30.9 Å². The molecule has 0 unspecified atom stereocenters. The SMILES string of the molecule is C=C(/C=C/c1ccc(F)c(F)c1)NCCn1c(C)cc2ccccc21. The van der Waals surface area contributed by atoms with Gasteiger partial charge in [0.2, 0.25) is 0 Å². The van der Waals surface area contributed by atoms with Gasteiger partial charge in [0.1, 0.15) is 0 Å². The summed E-state index contributed by atoms with van der Waals surface area (Å²) in [5.74, 6) is -1.70. The van der Waals surface area contributed by atoms with Crippen LogP contribution in [0.4, 0.5) is 8.78 Å². The number of halogens is 2. The highest BCUT2D eigenvalue weighted by Gasteiger charge is 2.04. The van der Waals surface area contributed by atoms with E-state index in [0.29, 0.717) is 5.56 Å². The van der Waals surface area contributed by atoms with Gasteiger partial charge in [0.15, 0.2) is 11.6 Å². The summed E-state index contributed by atoms with van der Waals surface area (Å²) >= 11 is 0. The Morgan fingerprint density at radius 1 is 1.12 bits per heavy atom. The van der Waals surface area contributed by atoms with Gasteiger partial charge in [0.05, 0.1) is 0 Å². The summed E-state index contributed by atoms with van der Waals surface area (Å²) in [6.45, 7) is 7.57. The van der Waals surface area contributed by atoms with Gasteiger partial charge in [-0.25, -0.2) is 8.78 Å². The second kappa shape index (κ2) is 7.34. The zero-order valence-electron chi connectivity index (χ0n) is 14.1. The first-order valence-electron chi connectivity index (χ1n) is 8.15. The van der Waals surface area contributed by atoms with Crippen molar-refractivity contribution in [2.75, 3.05) is 6.54 Å². The maximum absolute atomic E-state index is 13.2. The fourth-order valence-electron chi connectivity index (χ4n) is 2.85. The highest BCUT2D eigenvalue weighted by molar-refractivity contribution is 5.81. The second-order valence-electron chi connectivity index (χ2n) is 5.96. The van der Waals surface area contributed by atoms with Gasteiger partial charge in [-0.1, -0.05) is 36.9 Å². The van der Waals surface area contributed by atoms with E-state index in [1.807, 2.05) is 12.1 Å². The lowest BCUT2D eigenvalue weighted by Crippen LogP contribution is -2.18. The van der Waals surface area contributed by atoms with Crippen LogP contribution in [0.15, 0.2) is 66.9 Å². The summed E-state index contributed by atoms with van der Waals surface area (Å²) in [5.41, 5.74) is 3.74. The molecule has 2 aromatic carbocycles. The minimum absolute atomic E-state index is 0.592.